The molecule has 1 N–H and O–H groups in total. The Balaban J connectivity index is 0. The monoisotopic (exact) mass is 164 g/mol. The molecule has 0 bridgehead atoms. The van der Waals surface area contributed by atoms with E-state index in [-0.39, 0.29) is 6.61 Å². The molecule has 0 spiro atoms. The standard InChI is InChI=1S/C4H10O.C3H6O3/c1-3-5-4-2;1-6-2-3(4)5/h3-4H2,1-2H3;2H2,1H3,(H,4,5). The maximum absolute atomic E-state index is 9.47. The molecule has 0 fully saturated rings. The van der Waals surface area contributed by atoms with Gasteiger partial charge in [-0.25, -0.2) is 4.79 Å². The van der Waals surface area contributed by atoms with Crippen LogP contribution in [0, 0.1) is 0 Å². The van der Waals surface area contributed by atoms with E-state index in [2.05, 4.69) is 4.74 Å². The van der Waals surface area contributed by atoms with Gasteiger partial charge in [0, 0.05) is 20.3 Å². The fraction of sp³-hybridized carbons (Fsp3) is 0.857. The van der Waals surface area contributed by atoms with Gasteiger partial charge in [-0.1, -0.05) is 0 Å². The van der Waals surface area contributed by atoms with Crippen LogP contribution in [0.15, 0.2) is 0 Å². The van der Waals surface area contributed by atoms with Crippen LogP contribution >= 0.6 is 0 Å². The number of ether oxygens (including phenoxy) is 2. The van der Waals surface area contributed by atoms with Gasteiger partial charge >= 0.3 is 5.97 Å². The molecule has 68 valence electrons. The van der Waals surface area contributed by atoms with Crippen molar-refractivity contribution in [3.63, 3.8) is 0 Å². The van der Waals surface area contributed by atoms with Crippen molar-refractivity contribution >= 4 is 5.97 Å². The molecule has 4 nitrogen and oxygen atoms in total. The molecule has 0 aliphatic rings. The average Bonchev–Trinajstić information content (AvgIpc) is 1.90. The van der Waals surface area contributed by atoms with Crippen molar-refractivity contribution in [1.82, 2.24) is 0 Å². The third-order valence-electron chi connectivity index (χ3n) is 0.676. The van der Waals surface area contributed by atoms with Crippen molar-refractivity contribution in [3.8, 4) is 0 Å². The Morgan fingerprint density at radius 1 is 1.36 bits per heavy atom. The number of carbonyl (C=O) groups is 1. The van der Waals surface area contributed by atoms with Crippen LogP contribution in [0.1, 0.15) is 13.8 Å². The molecule has 0 saturated heterocycles. The van der Waals surface area contributed by atoms with Crippen molar-refractivity contribution in [2.45, 2.75) is 13.8 Å². The minimum absolute atomic E-state index is 0.208. The predicted molar refractivity (Wildman–Crippen MR) is 41.7 cm³/mol. The minimum atomic E-state index is -0.933. The molecule has 11 heavy (non-hydrogen) atoms. The van der Waals surface area contributed by atoms with E-state index in [9.17, 15) is 4.79 Å². The normalized spacial score (nSPS) is 8.27. The first-order valence-corrected chi connectivity index (χ1v) is 3.47. The molecular weight excluding hydrogens is 148 g/mol. The van der Waals surface area contributed by atoms with E-state index >= 15 is 0 Å². The summed E-state index contributed by atoms with van der Waals surface area (Å²) in [5.74, 6) is -0.933. The lowest BCUT2D eigenvalue weighted by Gasteiger charge is -1.86. The Kier molecular flexibility index (Phi) is 14.3. The smallest absolute Gasteiger partial charge is 0.329 e. The van der Waals surface area contributed by atoms with Crippen molar-refractivity contribution < 1.29 is 19.4 Å². The zero-order valence-corrected chi connectivity index (χ0v) is 7.29. The van der Waals surface area contributed by atoms with Gasteiger partial charge < -0.3 is 14.6 Å². The summed E-state index contributed by atoms with van der Waals surface area (Å²) >= 11 is 0. The van der Waals surface area contributed by atoms with E-state index < -0.39 is 5.97 Å². The van der Waals surface area contributed by atoms with Gasteiger partial charge in [-0.3, -0.25) is 0 Å². The van der Waals surface area contributed by atoms with Gasteiger partial charge in [-0.05, 0) is 13.8 Å². The highest BCUT2D eigenvalue weighted by molar-refractivity contribution is 5.67. The van der Waals surface area contributed by atoms with Crippen LogP contribution in [0.5, 0.6) is 0 Å². The molecule has 0 aromatic heterocycles. The Morgan fingerprint density at radius 3 is 1.82 bits per heavy atom. The Bertz CT molecular complexity index is 80.5. The number of carboxylic acids is 1. The number of hydrogen-bond acceptors (Lipinski definition) is 3. The highest BCUT2D eigenvalue weighted by Crippen LogP contribution is 1.64. The largest absolute Gasteiger partial charge is 0.480 e. The van der Waals surface area contributed by atoms with Crippen LogP contribution in [0.3, 0.4) is 0 Å². The van der Waals surface area contributed by atoms with Gasteiger partial charge in [-0.2, -0.15) is 0 Å². The van der Waals surface area contributed by atoms with Crippen molar-refractivity contribution in [3.05, 3.63) is 0 Å². The first kappa shape index (κ1) is 13.0. The highest BCUT2D eigenvalue weighted by Gasteiger charge is 1.87. The highest BCUT2D eigenvalue weighted by atomic mass is 16.5. The van der Waals surface area contributed by atoms with Crippen LogP contribution in [0.4, 0.5) is 0 Å². The predicted octanol–water partition coefficient (Wildman–Crippen LogP) is 0.760. The Hall–Kier alpha value is -0.610. The van der Waals surface area contributed by atoms with Crippen molar-refractivity contribution in [1.29, 1.82) is 0 Å². The molecule has 0 aromatic rings. The number of methoxy groups -OCH3 is 1. The summed E-state index contributed by atoms with van der Waals surface area (Å²) in [4.78, 5) is 9.47. The first-order valence-electron chi connectivity index (χ1n) is 3.47. The summed E-state index contributed by atoms with van der Waals surface area (Å²) in [5, 5.41) is 7.79. The lowest BCUT2D eigenvalue weighted by molar-refractivity contribution is -0.141. The third-order valence-corrected chi connectivity index (χ3v) is 0.676. The summed E-state index contributed by atoms with van der Waals surface area (Å²) in [6.07, 6.45) is 0. The van der Waals surface area contributed by atoms with Crippen molar-refractivity contribution in [2.75, 3.05) is 26.9 Å². The molecule has 0 radical (unpaired) electrons. The number of rotatable bonds is 4. The molecule has 0 aliphatic carbocycles. The molecule has 0 aliphatic heterocycles. The molecule has 0 atom stereocenters. The fourth-order valence-electron chi connectivity index (χ4n) is 0.328. The quantitative estimate of drug-likeness (QED) is 0.666. The molecular formula is C7H16O4. The molecule has 0 unspecified atom stereocenters. The van der Waals surface area contributed by atoms with Crippen LogP contribution in [-0.2, 0) is 14.3 Å². The second-order valence-electron chi connectivity index (χ2n) is 1.61. The Labute approximate surface area is 67.1 Å². The average molecular weight is 164 g/mol. The van der Waals surface area contributed by atoms with E-state index in [1.165, 1.54) is 7.11 Å². The fourth-order valence-corrected chi connectivity index (χ4v) is 0.328. The first-order chi connectivity index (χ1) is 5.18. The summed E-state index contributed by atoms with van der Waals surface area (Å²) in [6, 6.07) is 0. The summed E-state index contributed by atoms with van der Waals surface area (Å²) in [7, 11) is 1.34. The molecule has 0 saturated carbocycles. The molecule has 0 rings (SSSR count). The molecule has 0 amide bonds. The summed E-state index contributed by atoms with van der Waals surface area (Å²) < 4.78 is 9.04. The van der Waals surface area contributed by atoms with Crippen LogP contribution in [0.2, 0.25) is 0 Å². The lowest BCUT2D eigenvalue weighted by atomic mass is 10.8. The molecule has 0 aromatic carbocycles. The van der Waals surface area contributed by atoms with Crippen LogP contribution in [0.25, 0.3) is 0 Å². The number of aliphatic carboxylic acids is 1. The summed E-state index contributed by atoms with van der Waals surface area (Å²) in [5.41, 5.74) is 0. The zero-order chi connectivity index (χ0) is 9.11. The van der Waals surface area contributed by atoms with Gasteiger partial charge in [0.1, 0.15) is 6.61 Å². The number of carboxylic acid groups (broad SMARTS) is 1. The van der Waals surface area contributed by atoms with E-state index in [1.54, 1.807) is 0 Å². The van der Waals surface area contributed by atoms with E-state index in [0.29, 0.717) is 0 Å². The van der Waals surface area contributed by atoms with Crippen LogP contribution in [-0.4, -0.2) is 38.0 Å². The van der Waals surface area contributed by atoms with E-state index in [4.69, 9.17) is 9.84 Å². The minimum Gasteiger partial charge on any atom is -0.480 e. The molecule has 0 heterocycles. The second kappa shape index (κ2) is 12.1. The van der Waals surface area contributed by atoms with E-state index in [0.717, 1.165) is 13.2 Å². The van der Waals surface area contributed by atoms with Gasteiger partial charge in [0.15, 0.2) is 0 Å². The molecule has 4 heteroatoms. The van der Waals surface area contributed by atoms with Gasteiger partial charge in [0.2, 0.25) is 0 Å². The lowest BCUT2D eigenvalue weighted by Crippen LogP contribution is -2.02. The maximum atomic E-state index is 9.47. The van der Waals surface area contributed by atoms with Gasteiger partial charge in [-0.15, -0.1) is 0 Å². The zero-order valence-electron chi connectivity index (χ0n) is 7.29. The number of hydrogen-bond donors (Lipinski definition) is 1. The van der Waals surface area contributed by atoms with Gasteiger partial charge in [0.05, 0.1) is 0 Å². The van der Waals surface area contributed by atoms with Crippen molar-refractivity contribution in [2.24, 2.45) is 0 Å². The third kappa shape index (κ3) is 26.6. The van der Waals surface area contributed by atoms with E-state index in [1.807, 2.05) is 13.8 Å². The van der Waals surface area contributed by atoms with Gasteiger partial charge in [0.25, 0.3) is 0 Å². The Morgan fingerprint density at radius 2 is 1.82 bits per heavy atom. The van der Waals surface area contributed by atoms with Crippen LogP contribution < -0.4 is 0 Å². The maximum Gasteiger partial charge on any atom is 0.329 e. The topological polar surface area (TPSA) is 55.8 Å². The second-order valence-corrected chi connectivity index (χ2v) is 1.61. The SMILES string of the molecule is CCOCC.COCC(=O)O. The summed E-state index contributed by atoms with van der Waals surface area (Å²) in [6.45, 7) is 5.46.